The van der Waals surface area contributed by atoms with E-state index in [0.717, 1.165) is 4.90 Å². The Balaban J connectivity index is 2.84. The summed E-state index contributed by atoms with van der Waals surface area (Å²) in [5.74, 6) is -1.96. The molecule has 0 radical (unpaired) electrons. The van der Waals surface area contributed by atoms with Crippen LogP contribution in [0, 0.1) is 5.92 Å². The molecule has 0 aliphatic carbocycles. The first kappa shape index (κ1) is 24.4. The number of likely N-dealkylation sites (tertiary alicyclic amines) is 1. The van der Waals surface area contributed by atoms with E-state index in [9.17, 15) is 22.4 Å². The molecule has 3 nitrogen and oxygen atoms in total. The smallest absolute Gasteiger partial charge is 0.373 e. The number of carbonyl (C=O) groups excluding carboxylic acids is 1. The molecule has 0 aromatic carbocycles. The third-order valence-corrected chi connectivity index (χ3v) is 6.34. The van der Waals surface area contributed by atoms with Gasteiger partial charge in [0, 0.05) is 31.0 Å². The van der Waals surface area contributed by atoms with Crippen LogP contribution in [0.25, 0.3) is 0 Å². The number of rotatable bonds is 7. The van der Waals surface area contributed by atoms with Crippen molar-refractivity contribution in [2.75, 3.05) is 13.7 Å². The van der Waals surface area contributed by atoms with Gasteiger partial charge in [-0.1, -0.05) is 41.1 Å². The number of hydrogen-bond acceptors (Lipinski definition) is 3. The highest BCUT2D eigenvalue weighted by Crippen LogP contribution is 2.45. The van der Waals surface area contributed by atoms with Crippen molar-refractivity contribution >= 4 is 26.9 Å². The van der Waals surface area contributed by atoms with Crippen molar-refractivity contribution in [3.05, 3.63) is 23.0 Å². The number of hydrogen-bond donors (Lipinski definition) is 0. The molecule has 27 heavy (non-hydrogen) atoms. The minimum Gasteiger partial charge on any atom is -0.373 e. The number of allylic oxidation sites excluding steroid dienone is 1. The van der Waals surface area contributed by atoms with Gasteiger partial charge in [0.25, 0.3) is 0 Å². The Kier molecular flexibility index (Phi) is 7.99. The summed E-state index contributed by atoms with van der Waals surface area (Å²) < 4.78 is 57.7. The number of halogens is 4. The maximum absolute atomic E-state index is 13.8. The monoisotopic (exact) mass is 429 g/mol. The second-order valence-electron chi connectivity index (χ2n) is 7.37. The van der Waals surface area contributed by atoms with E-state index in [1.54, 1.807) is 6.92 Å². The minimum atomic E-state index is -4.89. The molecule has 9 heteroatoms. The lowest BCUT2D eigenvalue weighted by Gasteiger charge is -2.45. The van der Waals surface area contributed by atoms with E-state index in [2.05, 4.69) is 22.4 Å². The van der Waals surface area contributed by atoms with Gasteiger partial charge in [0.15, 0.2) is 0 Å². The molecule has 0 bridgehead atoms. The van der Waals surface area contributed by atoms with E-state index in [1.165, 1.54) is 25.8 Å². The normalized spacial score (nSPS) is 27.0. The van der Waals surface area contributed by atoms with Crippen LogP contribution in [0.15, 0.2) is 23.0 Å². The molecule has 156 valence electrons. The third-order valence-electron chi connectivity index (χ3n) is 4.83. The average molecular weight is 429 g/mol. The molecular weight excluding hydrogens is 401 g/mol. The molecule has 1 aliphatic rings. The van der Waals surface area contributed by atoms with Gasteiger partial charge in [-0.05, 0) is 37.5 Å². The SMILES string of the molecule is C=C(SC(=C)C1(OC)CCN(C(=O)C(F)(F)F)C(C)C1)C(C)CC(C)(F)P. The van der Waals surface area contributed by atoms with Crippen molar-refractivity contribution < 1.29 is 27.1 Å². The first-order valence-electron chi connectivity index (χ1n) is 8.60. The average Bonchev–Trinajstić information content (AvgIpc) is 2.51. The molecule has 0 spiro atoms. The molecule has 1 aliphatic heterocycles. The highest BCUT2D eigenvalue weighted by atomic mass is 32.2. The maximum Gasteiger partial charge on any atom is 0.471 e. The molecule has 0 aromatic rings. The molecule has 5 unspecified atom stereocenters. The number of ether oxygens (including phenoxy) is 1. The van der Waals surface area contributed by atoms with Crippen molar-refractivity contribution in [2.45, 2.75) is 63.3 Å². The van der Waals surface area contributed by atoms with Crippen LogP contribution in [0.2, 0.25) is 0 Å². The summed E-state index contributed by atoms with van der Waals surface area (Å²) in [6.45, 7) is 12.8. The lowest BCUT2D eigenvalue weighted by Crippen LogP contribution is -2.55. The van der Waals surface area contributed by atoms with Gasteiger partial charge >= 0.3 is 12.1 Å². The lowest BCUT2D eigenvalue weighted by atomic mass is 9.86. The van der Waals surface area contributed by atoms with E-state index in [1.807, 2.05) is 6.92 Å². The quantitative estimate of drug-likeness (QED) is 0.407. The summed E-state index contributed by atoms with van der Waals surface area (Å²) in [7, 11) is 3.63. The largest absolute Gasteiger partial charge is 0.471 e. The Hall–Kier alpha value is -0.590. The van der Waals surface area contributed by atoms with Crippen molar-refractivity contribution in [2.24, 2.45) is 5.92 Å². The van der Waals surface area contributed by atoms with Crippen LogP contribution >= 0.6 is 21.0 Å². The second-order valence-corrected chi connectivity index (χ2v) is 9.80. The fourth-order valence-corrected chi connectivity index (χ4v) is 4.70. The third kappa shape index (κ3) is 6.47. The molecule has 0 aromatic heterocycles. The Bertz CT molecular complexity index is 591. The molecule has 1 heterocycles. The van der Waals surface area contributed by atoms with Crippen molar-refractivity contribution in [1.29, 1.82) is 0 Å². The van der Waals surface area contributed by atoms with Crippen molar-refractivity contribution in [1.82, 2.24) is 4.90 Å². The lowest BCUT2D eigenvalue weighted by molar-refractivity contribution is -0.191. The van der Waals surface area contributed by atoms with E-state index < -0.39 is 29.1 Å². The fraction of sp³-hybridized carbons (Fsp3) is 0.722. The zero-order valence-corrected chi connectivity index (χ0v) is 18.1. The number of carbonyl (C=O) groups is 1. The van der Waals surface area contributed by atoms with Crippen LogP contribution in [0.5, 0.6) is 0 Å². The van der Waals surface area contributed by atoms with E-state index in [0.29, 0.717) is 9.81 Å². The van der Waals surface area contributed by atoms with Crippen LogP contribution in [0.1, 0.15) is 40.0 Å². The van der Waals surface area contributed by atoms with Gasteiger partial charge in [-0.2, -0.15) is 13.2 Å². The molecule has 1 fully saturated rings. The molecule has 1 amide bonds. The van der Waals surface area contributed by atoms with Gasteiger partial charge in [0.05, 0.1) is 0 Å². The number of methoxy groups -OCH3 is 1. The van der Waals surface area contributed by atoms with E-state index in [4.69, 9.17) is 4.74 Å². The summed E-state index contributed by atoms with van der Waals surface area (Å²) in [5, 5.41) is -1.42. The van der Waals surface area contributed by atoms with Gasteiger partial charge in [-0.3, -0.25) is 4.79 Å². The second kappa shape index (κ2) is 8.83. The first-order chi connectivity index (χ1) is 12.1. The summed E-state index contributed by atoms with van der Waals surface area (Å²) in [6, 6.07) is -0.656. The number of thioether (sulfide) groups is 1. The summed E-state index contributed by atoms with van der Waals surface area (Å²) >= 11 is 1.28. The van der Waals surface area contributed by atoms with E-state index >= 15 is 0 Å². The van der Waals surface area contributed by atoms with Gasteiger partial charge in [0.2, 0.25) is 0 Å². The zero-order chi connectivity index (χ0) is 21.2. The standard InChI is InChI=1S/C18H28F4NO2PS/c1-11(9-16(5,19)26)13(3)27-14(4)17(25-6)7-8-23(12(2)10-17)15(24)18(20,21)22/h11-12H,3-4,7-10,26H2,1-2,5-6H3. The molecule has 0 saturated carbocycles. The van der Waals surface area contributed by atoms with Gasteiger partial charge in [0.1, 0.15) is 11.0 Å². The molecule has 1 saturated heterocycles. The predicted octanol–water partition coefficient (Wildman–Crippen LogP) is 5.29. The van der Waals surface area contributed by atoms with Crippen LogP contribution in [0.4, 0.5) is 17.6 Å². The van der Waals surface area contributed by atoms with Crippen LogP contribution in [-0.2, 0) is 9.53 Å². The van der Waals surface area contributed by atoms with Crippen LogP contribution < -0.4 is 0 Å². The van der Waals surface area contributed by atoms with Gasteiger partial charge in [-0.25, -0.2) is 4.39 Å². The maximum atomic E-state index is 13.8. The van der Waals surface area contributed by atoms with Gasteiger partial charge in [-0.15, -0.1) is 0 Å². The number of amides is 1. The summed E-state index contributed by atoms with van der Waals surface area (Å²) in [4.78, 5) is 13.7. The fourth-order valence-electron chi connectivity index (χ4n) is 3.29. The molecule has 0 N–H and O–H groups in total. The summed E-state index contributed by atoms with van der Waals surface area (Å²) in [6.07, 6.45) is -4.23. The Morgan fingerprint density at radius 1 is 1.41 bits per heavy atom. The van der Waals surface area contributed by atoms with E-state index in [-0.39, 0.29) is 31.7 Å². The number of alkyl halides is 4. The highest BCUT2D eigenvalue weighted by molar-refractivity contribution is 8.06. The minimum absolute atomic E-state index is 0.0802. The molecule has 1 rings (SSSR count). The van der Waals surface area contributed by atoms with Crippen LogP contribution in [0.3, 0.4) is 0 Å². The zero-order valence-electron chi connectivity index (χ0n) is 16.2. The number of nitrogens with zero attached hydrogens (tertiary/aromatic N) is 1. The Morgan fingerprint density at radius 3 is 2.37 bits per heavy atom. The topological polar surface area (TPSA) is 29.5 Å². The predicted molar refractivity (Wildman–Crippen MR) is 105 cm³/mol. The first-order valence-corrected chi connectivity index (χ1v) is 9.99. The molecule has 5 atom stereocenters. The molecular formula is C18H28F4NO2PS. The van der Waals surface area contributed by atoms with Crippen molar-refractivity contribution in [3.63, 3.8) is 0 Å². The Morgan fingerprint density at radius 2 is 1.96 bits per heavy atom. The number of piperidine rings is 1. The van der Waals surface area contributed by atoms with Gasteiger partial charge < -0.3 is 9.64 Å². The summed E-state index contributed by atoms with van der Waals surface area (Å²) in [5.41, 5.74) is -0.866. The van der Waals surface area contributed by atoms with Crippen LogP contribution in [-0.4, -0.2) is 47.7 Å². The Labute approximate surface area is 165 Å². The van der Waals surface area contributed by atoms with Crippen molar-refractivity contribution in [3.8, 4) is 0 Å². The highest BCUT2D eigenvalue weighted by Gasteiger charge is 2.49.